The highest BCUT2D eigenvalue weighted by Crippen LogP contribution is 2.25. The molecule has 2 N–H and O–H groups in total. The fraction of sp³-hybridized carbons (Fsp3) is 0.182. The quantitative estimate of drug-likeness (QED) is 0.888. The molecular weight excluding hydrogens is 308 g/mol. The minimum Gasteiger partial charge on any atom is -0.434 e. The van der Waals surface area contributed by atoms with Gasteiger partial charge in [0.2, 0.25) is 0 Å². The van der Waals surface area contributed by atoms with Crippen molar-refractivity contribution in [2.45, 2.75) is 13.2 Å². The number of benzene rings is 1. The number of nitrogens with zero attached hydrogens (tertiary/aromatic N) is 1. The summed E-state index contributed by atoms with van der Waals surface area (Å²) in [6.45, 7) is -2.47. The van der Waals surface area contributed by atoms with Crippen LogP contribution in [0.2, 0.25) is 0 Å². The number of hydrogen-bond donors (Lipinski definition) is 2. The van der Waals surface area contributed by atoms with Crippen LogP contribution in [0.4, 0.5) is 14.5 Å². The van der Waals surface area contributed by atoms with Crippen LogP contribution in [0.25, 0.3) is 0 Å². The standard InChI is InChI=1S/C11H10BrF2N3O/c12-8-1-2-10(18-11(13)14)7(3-8)4-15-9-5-16-17-6-9/h1-3,5-6,11,15H,4H2,(H,16,17). The molecule has 18 heavy (non-hydrogen) atoms. The summed E-state index contributed by atoms with van der Waals surface area (Å²) in [6, 6.07) is 4.88. The van der Waals surface area contributed by atoms with Crippen LogP contribution < -0.4 is 10.1 Å². The third-order valence-corrected chi connectivity index (χ3v) is 2.71. The van der Waals surface area contributed by atoms with Gasteiger partial charge in [0.05, 0.1) is 11.9 Å². The van der Waals surface area contributed by atoms with Crippen molar-refractivity contribution in [2.75, 3.05) is 5.32 Å². The monoisotopic (exact) mass is 317 g/mol. The van der Waals surface area contributed by atoms with Crippen molar-refractivity contribution in [1.29, 1.82) is 0 Å². The fourth-order valence-corrected chi connectivity index (χ4v) is 1.85. The van der Waals surface area contributed by atoms with Crippen molar-refractivity contribution in [1.82, 2.24) is 10.2 Å². The zero-order chi connectivity index (χ0) is 13.0. The number of ether oxygens (including phenoxy) is 1. The Labute approximate surface area is 110 Å². The third-order valence-electron chi connectivity index (χ3n) is 2.22. The van der Waals surface area contributed by atoms with Gasteiger partial charge in [0.25, 0.3) is 0 Å². The molecule has 0 bridgehead atoms. The van der Waals surface area contributed by atoms with Gasteiger partial charge < -0.3 is 10.1 Å². The molecule has 4 nitrogen and oxygen atoms in total. The fourth-order valence-electron chi connectivity index (χ4n) is 1.44. The maximum Gasteiger partial charge on any atom is 0.387 e. The molecule has 1 heterocycles. The predicted molar refractivity (Wildman–Crippen MR) is 66.7 cm³/mol. The molecule has 1 aromatic heterocycles. The topological polar surface area (TPSA) is 49.9 Å². The zero-order valence-corrected chi connectivity index (χ0v) is 10.7. The number of aromatic nitrogens is 2. The van der Waals surface area contributed by atoms with Crippen molar-refractivity contribution in [2.24, 2.45) is 0 Å². The van der Waals surface area contributed by atoms with E-state index in [9.17, 15) is 8.78 Å². The Morgan fingerprint density at radius 2 is 2.28 bits per heavy atom. The number of alkyl halides is 2. The van der Waals surface area contributed by atoms with Gasteiger partial charge in [0.15, 0.2) is 0 Å². The van der Waals surface area contributed by atoms with Gasteiger partial charge in [0.1, 0.15) is 5.75 Å². The highest BCUT2D eigenvalue weighted by atomic mass is 79.9. The Hall–Kier alpha value is -1.63. The molecule has 0 fully saturated rings. The van der Waals surface area contributed by atoms with E-state index in [4.69, 9.17) is 0 Å². The smallest absolute Gasteiger partial charge is 0.387 e. The summed E-state index contributed by atoms with van der Waals surface area (Å²) in [7, 11) is 0. The minimum absolute atomic E-state index is 0.157. The van der Waals surface area contributed by atoms with E-state index in [2.05, 4.69) is 36.2 Å². The minimum atomic E-state index is -2.83. The molecule has 0 saturated carbocycles. The maximum atomic E-state index is 12.2. The lowest BCUT2D eigenvalue weighted by molar-refractivity contribution is -0.0504. The van der Waals surface area contributed by atoms with Gasteiger partial charge in [-0.1, -0.05) is 15.9 Å². The van der Waals surface area contributed by atoms with E-state index in [0.717, 1.165) is 10.2 Å². The summed E-state index contributed by atoms with van der Waals surface area (Å²) < 4.78 is 29.7. The molecule has 0 aliphatic rings. The first-order valence-corrected chi connectivity index (χ1v) is 5.90. The van der Waals surface area contributed by atoms with E-state index in [1.807, 2.05) is 0 Å². The van der Waals surface area contributed by atoms with Gasteiger partial charge in [-0.2, -0.15) is 13.9 Å². The predicted octanol–water partition coefficient (Wildman–Crippen LogP) is 3.39. The molecule has 0 unspecified atom stereocenters. The van der Waals surface area contributed by atoms with Crippen molar-refractivity contribution < 1.29 is 13.5 Å². The Morgan fingerprint density at radius 3 is 2.94 bits per heavy atom. The van der Waals surface area contributed by atoms with Crippen LogP contribution >= 0.6 is 15.9 Å². The van der Waals surface area contributed by atoms with Crippen LogP contribution in [0.5, 0.6) is 5.75 Å². The summed E-state index contributed by atoms with van der Waals surface area (Å²) in [4.78, 5) is 0. The second-order valence-electron chi connectivity index (χ2n) is 3.47. The Bertz CT molecular complexity index is 505. The summed E-state index contributed by atoms with van der Waals surface area (Å²) in [5, 5.41) is 9.47. The average molecular weight is 318 g/mol. The second kappa shape index (κ2) is 5.81. The van der Waals surface area contributed by atoms with Crippen LogP contribution in [-0.4, -0.2) is 16.8 Å². The molecule has 0 atom stereocenters. The summed E-state index contributed by atoms with van der Waals surface area (Å²) in [5.41, 5.74) is 1.41. The molecule has 0 aliphatic carbocycles. The molecule has 2 aromatic rings. The van der Waals surface area contributed by atoms with E-state index in [1.54, 1.807) is 24.5 Å². The number of nitrogens with one attached hydrogen (secondary N) is 2. The van der Waals surface area contributed by atoms with Crippen molar-refractivity contribution in [3.8, 4) is 5.75 Å². The Balaban J connectivity index is 2.11. The average Bonchev–Trinajstić information content (AvgIpc) is 2.82. The SMILES string of the molecule is FC(F)Oc1ccc(Br)cc1CNc1cn[nH]c1. The van der Waals surface area contributed by atoms with Gasteiger partial charge in [-0.05, 0) is 18.2 Å². The van der Waals surface area contributed by atoms with Crippen molar-refractivity contribution >= 4 is 21.6 Å². The summed E-state index contributed by atoms with van der Waals surface area (Å²) in [5.74, 6) is 0.157. The van der Waals surface area contributed by atoms with Crippen LogP contribution in [0.15, 0.2) is 35.1 Å². The first-order valence-electron chi connectivity index (χ1n) is 5.11. The number of halogens is 3. The zero-order valence-electron chi connectivity index (χ0n) is 9.16. The second-order valence-corrected chi connectivity index (χ2v) is 4.39. The van der Waals surface area contributed by atoms with E-state index in [0.29, 0.717) is 12.1 Å². The van der Waals surface area contributed by atoms with Crippen LogP contribution in [-0.2, 0) is 6.54 Å². The molecule has 0 radical (unpaired) electrons. The lowest BCUT2D eigenvalue weighted by Gasteiger charge is -2.11. The van der Waals surface area contributed by atoms with Gasteiger partial charge in [-0.3, -0.25) is 5.10 Å². The van der Waals surface area contributed by atoms with Crippen LogP contribution in [0.1, 0.15) is 5.56 Å². The van der Waals surface area contributed by atoms with Gasteiger partial charge in [-0.25, -0.2) is 0 Å². The van der Waals surface area contributed by atoms with E-state index >= 15 is 0 Å². The van der Waals surface area contributed by atoms with Crippen molar-refractivity contribution in [3.63, 3.8) is 0 Å². The highest BCUT2D eigenvalue weighted by Gasteiger charge is 2.10. The van der Waals surface area contributed by atoms with E-state index < -0.39 is 6.61 Å². The number of rotatable bonds is 5. The lowest BCUT2D eigenvalue weighted by Crippen LogP contribution is -2.07. The normalized spacial score (nSPS) is 10.7. The Morgan fingerprint density at radius 1 is 1.44 bits per heavy atom. The van der Waals surface area contributed by atoms with Gasteiger partial charge >= 0.3 is 6.61 Å². The lowest BCUT2D eigenvalue weighted by atomic mass is 10.2. The number of aromatic amines is 1. The molecule has 2 rings (SSSR count). The Kier molecular flexibility index (Phi) is 4.14. The van der Waals surface area contributed by atoms with E-state index in [-0.39, 0.29) is 5.75 Å². The highest BCUT2D eigenvalue weighted by molar-refractivity contribution is 9.10. The molecule has 0 aliphatic heterocycles. The molecule has 1 aromatic carbocycles. The van der Waals surface area contributed by atoms with Gasteiger partial charge in [0, 0.05) is 22.8 Å². The number of H-pyrrole nitrogens is 1. The summed E-state index contributed by atoms with van der Waals surface area (Å²) in [6.07, 6.45) is 3.28. The first-order chi connectivity index (χ1) is 8.65. The maximum absolute atomic E-state index is 12.2. The van der Waals surface area contributed by atoms with Crippen LogP contribution in [0, 0.1) is 0 Å². The number of anilines is 1. The molecule has 0 amide bonds. The van der Waals surface area contributed by atoms with Gasteiger partial charge in [-0.15, -0.1) is 0 Å². The van der Waals surface area contributed by atoms with Crippen LogP contribution in [0.3, 0.4) is 0 Å². The van der Waals surface area contributed by atoms with E-state index in [1.165, 1.54) is 6.07 Å². The molecular formula is C11H10BrF2N3O. The van der Waals surface area contributed by atoms with Crippen molar-refractivity contribution in [3.05, 3.63) is 40.6 Å². The number of hydrogen-bond acceptors (Lipinski definition) is 3. The molecule has 0 spiro atoms. The largest absolute Gasteiger partial charge is 0.434 e. The molecule has 96 valence electrons. The third kappa shape index (κ3) is 3.43. The molecule has 7 heteroatoms. The summed E-state index contributed by atoms with van der Waals surface area (Å²) >= 11 is 3.29. The molecule has 0 saturated heterocycles. The first kappa shape index (κ1) is 12.8.